The van der Waals surface area contributed by atoms with E-state index in [1.54, 1.807) is 0 Å². The number of fused-ring (bicyclic) bond motifs is 4. The van der Waals surface area contributed by atoms with Crippen molar-refractivity contribution in [2.24, 2.45) is 0 Å². The first-order valence-electron chi connectivity index (χ1n) is 8.17. The molecule has 0 aliphatic heterocycles. The normalized spacial score (nSPS) is 14.7. The minimum Gasteiger partial charge on any atom is -0.361 e. The van der Waals surface area contributed by atoms with Crippen LogP contribution in [-0.4, -0.2) is 4.98 Å². The van der Waals surface area contributed by atoms with Gasteiger partial charge in [-0.05, 0) is 57.0 Å². The second-order valence-electron chi connectivity index (χ2n) is 6.22. The van der Waals surface area contributed by atoms with Crippen molar-refractivity contribution in [3.8, 4) is 0 Å². The van der Waals surface area contributed by atoms with E-state index in [-0.39, 0.29) is 0 Å². The van der Waals surface area contributed by atoms with E-state index in [2.05, 4.69) is 71.7 Å². The van der Waals surface area contributed by atoms with Gasteiger partial charge < -0.3 is 4.98 Å². The minimum absolute atomic E-state index is 1.03. The number of H-pyrrole nitrogens is 1. The SMILES string of the molecule is C1=CC(c2ccc[nH]2)=c2ccc3c(c2C1)CC=c1ccccc1=3. The summed E-state index contributed by atoms with van der Waals surface area (Å²) in [4.78, 5) is 3.35. The van der Waals surface area contributed by atoms with Crippen molar-refractivity contribution in [2.75, 3.05) is 0 Å². The van der Waals surface area contributed by atoms with Crippen LogP contribution in [0.5, 0.6) is 0 Å². The van der Waals surface area contributed by atoms with Crippen LogP contribution in [-0.2, 0) is 12.8 Å². The highest BCUT2D eigenvalue weighted by molar-refractivity contribution is 5.74. The Labute approximate surface area is 134 Å². The molecule has 23 heavy (non-hydrogen) atoms. The Bertz CT molecular complexity index is 1150. The summed E-state index contributed by atoms with van der Waals surface area (Å²) >= 11 is 0. The topological polar surface area (TPSA) is 15.8 Å². The fourth-order valence-corrected chi connectivity index (χ4v) is 3.91. The number of hydrogen-bond acceptors (Lipinski definition) is 0. The Morgan fingerprint density at radius 1 is 0.739 bits per heavy atom. The van der Waals surface area contributed by atoms with Gasteiger partial charge in [0.25, 0.3) is 0 Å². The first-order chi connectivity index (χ1) is 11.4. The molecule has 0 unspecified atom stereocenters. The predicted molar refractivity (Wildman–Crippen MR) is 94.1 cm³/mol. The third kappa shape index (κ3) is 1.86. The second-order valence-corrected chi connectivity index (χ2v) is 6.22. The van der Waals surface area contributed by atoms with Crippen LogP contribution in [0.15, 0.2) is 66.9 Å². The van der Waals surface area contributed by atoms with Crippen molar-refractivity contribution in [2.45, 2.75) is 12.8 Å². The number of benzene rings is 2. The molecule has 2 aromatic carbocycles. The van der Waals surface area contributed by atoms with E-state index in [4.69, 9.17) is 0 Å². The van der Waals surface area contributed by atoms with Gasteiger partial charge in [-0.2, -0.15) is 0 Å². The number of hydrogen-bond donors (Lipinski definition) is 1. The average molecular weight is 295 g/mol. The van der Waals surface area contributed by atoms with Crippen LogP contribution in [0, 0.1) is 10.4 Å². The summed E-state index contributed by atoms with van der Waals surface area (Å²) in [6, 6.07) is 17.5. The van der Waals surface area contributed by atoms with Gasteiger partial charge >= 0.3 is 0 Å². The number of rotatable bonds is 1. The first kappa shape index (κ1) is 12.7. The number of aromatic amines is 1. The Hall–Kier alpha value is -2.80. The molecule has 0 amide bonds. The molecule has 3 aromatic rings. The Kier molecular flexibility index (Phi) is 2.68. The third-order valence-electron chi connectivity index (χ3n) is 4.99. The summed E-state index contributed by atoms with van der Waals surface area (Å²) < 4.78 is 0. The molecule has 0 bridgehead atoms. The fourth-order valence-electron chi connectivity index (χ4n) is 3.91. The van der Waals surface area contributed by atoms with Gasteiger partial charge in [-0.15, -0.1) is 0 Å². The summed E-state index contributed by atoms with van der Waals surface area (Å²) in [6.45, 7) is 0. The van der Waals surface area contributed by atoms with Crippen molar-refractivity contribution in [3.05, 3.63) is 105 Å². The molecule has 1 heterocycles. The Balaban J connectivity index is 1.94. The molecule has 0 spiro atoms. The lowest BCUT2D eigenvalue weighted by atomic mass is 9.88. The van der Waals surface area contributed by atoms with Gasteiger partial charge in [-0.1, -0.05) is 54.6 Å². The molecule has 1 aromatic heterocycles. The Morgan fingerprint density at radius 3 is 2.52 bits per heavy atom. The predicted octanol–water partition coefficient (Wildman–Crippen LogP) is 2.95. The van der Waals surface area contributed by atoms with Crippen LogP contribution in [0.4, 0.5) is 0 Å². The molecule has 110 valence electrons. The maximum atomic E-state index is 3.35. The number of aromatic nitrogens is 1. The van der Waals surface area contributed by atoms with Crippen LogP contribution in [0.25, 0.3) is 11.6 Å². The highest BCUT2D eigenvalue weighted by Crippen LogP contribution is 2.20. The summed E-state index contributed by atoms with van der Waals surface area (Å²) in [5.41, 5.74) is 5.48. The van der Waals surface area contributed by atoms with Gasteiger partial charge in [0.05, 0.1) is 0 Å². The number of allylic oxidation sites excluding steroid dienone is 2. The molecule has 0 radical (unpaired) electrons. The van der Waals surface area contributed by atoms with Crippen molar-refractivity contribution in [1.82, 2.24) is 4.98 Å². The van der Waals surface area contributed by atoms with Crippen LogP contribution in [0.1, 0.15) is 16.8 Å². The van der Waals surface area contributed by atoms with E-state index in [1.807, 2.05) is 6.20 Å². The second kappa shape index (κ2) is 4.85. The van der Waals surface area contributed by atoms with Gasteiger partial charge in [0.2, 0.25) is 0 Å². The molecule has 2 aliphatic carbocycles. The zero-order valence-corrected chi connectivity index (χ0v) is 12.8. The molecular weight excluding hydrogens is 278 g/mol. The maximum Gasteiger partial charge on any atom is 0.0459 e. The molecule has 1 heteroatoms. The van der Waals surface area contributed by atoms with Crippen molar-refractivity contribution < 1.29 is 0 Å². The monoisotopic (exact) mass is 295 g/mol. The molecular formula is C22H17N. The van der Waals surface area contributed by atoms with Crippen LogP contribution >= 0.6 is 0 Å². The van der Waals surface area contributed by atoms with E-state index in [9.17, 15) is 0 Å². The van der Waals surface area contributed by atoms with Crippen molar-refractivity contribution in [3.63, 3.8) is 0 Å². The van der Waals surface area contributed by atoms with Crippen LogP contribution < -0.4 is 10.4 Å². The van der Waals surface area contributed by atoms with Gasteiger partial charge in [0, 0.05) is 17.5 Å². The minimum atomic E-state index is 1.03. The fraction of sp³-hybridized carbons (Fsp3) is 0.0909. The zero-order valence-electron chi connectivity index (χ0n) is 12.8. The molecule has 0 saturated carbocycles. The highest BCUT2D eigenvalue weighted by Gasteiger charge is 2.13. The van der Waals surface area contributed by atoms with Gasteiger partial charge in [-0.3, -0.25) is 0 Å². The Morgan fingerprint density at radius 2 is 1.61 bits per heavy atom. The highest BCUT2D eigenvalue weighted by atomic mass is 14.7. The summed E-state index contributed by atoms with van der Waals surface area (Å²) in [5, 5.41) is 5.51. The van der Waals surface area contributed by atoms with E-state index in [1.165, 1.54) is 43.3 Å². The van der Waals surface area contributed by atoms with E-state index in [0.29, 0.717) is 0 Å². The first-order valence-corrected chi connectivity index (χ1v) is 8.17. The smallest absolute Gasteiger partial charge is 0.0459 e. The van der Waals surface area contributed by atoms with Crippen LogP contribution in [0.3, 0.4) is 0 Å². The summed E-state index contributed by atoms with van der Waals surface area (Å²) in [6.07, 6.45) is 11.0. The van der Waals surface area contributed by atoms with Crippen molar-refractivity contribution >= 4 is 11.6 Å². The summed E-state index contributed by atoms with van der Waals surface area (Å²) in [7, 11) is 0. The quantitative estimate of drug-likeness (QED) is 0.710. The lowest BCUT2D eigenvalue weighted by Crippen LogP contribution is -2.21. The third-order valence-corrected chi connectivity index (χ3v) is 4.99. The van der Waals surface area contributed by atoms with Gasteiger partial charge in [-0.25, -0.2) is 0 Å². The molecule has 1 nitrogen and oxygen atoms in total. The molecule has 5 rings (SSSR count). The maximum absolute atomic E-state index is 3.35. The lowest BCUT2D eigenvalue weighted by molar-refractivity contribution is 1.10. The van der Waals surface area contributed by atoms with Gasteiger partial charge in [0.15, 0.2) is 0 Å². The summed E-state index contributed by atoms with van der Waals surface area (Å²) in [5.74, 6) is 0. The van der Waals surface area contributed by atoms with Crippen molar-refractivity contribution in [1.29, 1.82) is 0 Å². The van der Waals surface area contributed by atoms with E-state index >= 15 is 0 Å². The largest absolute Gasteiger partial charge is 0.361 e. The molecule has 2 aliphatic rings. The average Bonchev–Trinajstić information content (AvgIpc) is 3.15. The zero-order chi connectivity index (χ0) is 15.2. The van der Waals surface area contributed by atoms with E-state index < -0.39 is 0 Å². The van der Waals surface area contributed by atoms with E-state index in [0.717, 1.165) is 12.8 Å². The standard InChI is InChI=1S/C22H17N/c1-2-6-16-15(5-1)10-11-19-17-7-3-8-21(22-9-4-14-23-22)20(17)13-12-18(16)19/h1-6,8-10,12-14,23H,7,11H2. The molecule has 0 atom stereocenters. The van der Waals surface area contributed by atoms with Gasteiger partial charge in [0.1, 0.15) is 0 Å². The number of nitrogens with one attached hydrogen (secondary N) is 1. The molecule has 0 saturated heterocycles. The molecule has 1 N–H and O–H groups in total. The molecule has 0 fully saturated rings. The van der Waals surface area contributed by atoms with Crippen LogP contribution in [0.2, 0.25) is 0 Å². The lowest BCUT2D eigenvalue weighted by Gasteiger charge is -2.16.